The molecule has 0 spiro atoms. The van der Waals surface area contributed by atoms with Crippen molar-refractivity contribution in [3.8, 4) is 0 Å². The maximum Gasteiger partial charge on any atom is 0.108 e. The topological polar surface area (TPSA) is 28.2 Å². The van der Waals surface area contributed by atoms with E-state index in [0.717, 1.165) is 37.7 Å². The summed E-state index contributed by atoms with van der Waals surface area (Å²) < 4.78 is 1.30. The molecule has 1 saturated heterocycles. The molecular formula is C15H21N3S. The lowest BCUT2D eigenvalue weighted by molar-refractivity contribution is 0.162. The van der Waals surface area contributed by atoms with E-state index >= 15 is 0 Å². The van der Waals surface area contributed by atoms with Crippen LogP contribution in [0, 0.1) is 0 Å². The molecule has 19 heavy (non-hydrogen) atoms. The summed E-state index contributed by atoms with van der Waals surface area (Å²) in [5.74, 6) is 0. The van der Waals surface area contributed by atoms with Crippen molar-refractivity contribution in [1.82, 2.24) is 15.2 Å². The zero-order chi connectivity index (χ0) is 13.1. The average molecular weight is 275 g/mol. The molecule has 3 rings (SSSR count). The normalized spacial score (nSPS) is 17.4. The van der Waals surface area contributed by atoms with Crippen LogP contribution in [0.15, 0.2) is 24.3 Å². The Morgan fingerprint density at radius 1 is 1.32 bits per heavy atom. The van der Waals surface area contributed by atoms with Crippen molar-refractivity contribution in [3.05, 3.63) is 29.3 Å². The highest BCUT2D eigenvalue weighted by Crippen LogP contribution is 2.24. The summed E-state index contributed by atoms with van der Waals surface area (Å²) in [6.45, 7) is 6.68. The minimum atomic E-state index is 0.721. The maximum atomic E-state index is 4.76. The number of hydrogen-bond donors (Lipinski definition) is 1. The highest BCUT2D eigenvalue weighted by molar-refractivity contribution is 7.18. The molecule has 0 saturated carbocycles. The first kappa shape index (κ1) is 13.0. The van der Waals surface area contributed by atoms with E-state index in [0.29, 0.717) is 0 Å². The van der Waals surface area contributed by atoms with Gasteiger partial charge >= 0.3 is 0 Å². The Bertz CT molecular complexity index is 498. The number of fused-ring (bicyclic) bond motifs is 1. The van der Waals surface area contributed by atoms with Gasteiger partial charge in [0.2, 0.25) is 0 Å². The summed E-state index contributed by atoms with van der Waals surface area (Å²) in [5, 5.41) is 4.69. The Kier molecular flexibility index (Phi) is 4.11. The van der Waals surface area contributed by atoms with E-state index in [-0.39, 0.29) is 0 Å². The van der Waals surface area contributed by atoms with E-state index in [2.05, 4.69) is 41.4 Å². The molecular weight excluding hydrogens is 254 g/mol. The molecule has 2 aromatic rings. The van der Waals surface area contributed by atoms with Crippen molar-refractivity contribution >= 4 is 21.6 Å². The summed E-state index contributed by atoms with van der Waals surface area (Å²) in [4.78, 5) is 7.34. The van der Waals surface area contributed by atoms with Gasteiger partial charge in [0.1, 0.15) is 5.01 Å². The van der Waals surface area contributed by atoms with E-state index < -0.39 is 0 Å². The SMILES string of the molecule is CCN(Cc1nc2ccccc2s1)C1CCNCC1. The fourth-order valence-corrected chi connectivity index (χ4v) is 3.83. The van der Waals surface area contributed by atoms with Crippen LogP contribution in [-0.4, -0.2) is 35.6 Å². The first-order chi connectivity index (χ1) is 9.36. The van der Waals surface area contributed by atoms with Gasteiger partial charge in [-0.05, 0) is 44.6 Å². The van der Waals surface area contributed by atoms with Crippen LogP contribution in [0.5, 0.6) is 0 Å². The van der Waals surface area contributed by atoms with Crippen LogP contribution >= 0.6 is 11.3 Å². The number of hydrogen-bond acceptors (Lipinski definition) is 4. The fourth-order valence-electron chi connectivity index (χ4n) is 2.83. The summed E-state index contributed by atoms with van der Waals surface area (Å²) in [7, 11) is 0. The Labute approximate surface area is 118 Å². The van der Waals surface area contributed by atoms with Gasteiger partial charge in [0, 0.05) is 6.04 Å². The average Bonchev–Trinajstić information content (AvgIpc) is 2.88. The van der Waals surface area contributed by atoms with Crippen molar-refractivity contribution in [1.29, 1.82) is 0 Å². The number of nitrogens with zero attached hydrogens (tertiary/aromatic N) is 2. The van der Waals surface area contributed by atoms with Crippen molar-refractivity contribution < 1.29 is 0 Å². The molecule has 102 valence electrons. The van der Waals surface area contributed by atoms with Gasteiger partial charge in [0.15, 0.2) is 0 Å². The molecule has 0 unspecified atom stereocenters. The monoisotopic (exact) mass is 275 g/mol. The molecule has 0 amide bonds. The standard InChI is InChI=1S/C15H21N3S/c1-2-18(12-7-9-16-10-8-12)11-15-17-13-5-3-4-6-14(13)19-15/h3-6,12,16H,2,7-11H2,1H3. The van der Waals surface area contributed by atoms with Gasteiger partial charge in [-0.15, -0.1) is 11.3 Å². The van der Waals surface area contributed by atoms with Crippen LogP contribution in [0.3, 0.4) is 0 Å². The third-order valence-electron chi connectivity index (χ3n) is 3.91. The van der Waals surface area contributed by atoms with E-state index in [1.54, 1.807) is 0 Å². The third-order valence-corrected chi connectivity index (χ3v) is 4.93. The van der Waals surface area contributed by atoms with E-state index in [1.807, 2.05) is 11.3 Å². The zero-order valence-corrected chi connectivity index (χ0v) is 12.2. The zero-order valence-electron chi connectivity index (χ0n) is 11.4. The molecule has 1 aromatic carbocycles. The molecule has 0 atom stereocenters. The van der Waals surface area contributed by atoms with Gasteiger partial charge in [0.05, 0.1) is 16.8 Å². The second-order valence-corrected chi connectivity index (χ2v) is 6.23. The van der Waals surface area contributed by atoms with Crippen LogP contribution in [-0.2, 0) is 6.54 Å². The molecule has 1 aromatic heterocycles. The largest absolute Gasteiger partial charge is 0.317 e. The van der Waals surface area contributed by atoms with Crippen molar-refractivity contribution in [3.63, 3.8) is 0 Å². The predicted molar refractivity (Wildman–Crippen MR) is 81.6 cm³/mol. The number of nitrogens with one attached hydrogen (secondary N) is 1. The molecule has 0 radical (unpaired) electrons. The number of piperidine rings is 1. The summed E-state index contributed by atoms with van der Waals surface area (Å²) in [6, 6.07) is 9.15. The first-order valence-electron chi connectivity index (χ1n) is 7.16. The minimum Gasteiger partial charge on any atom is -0.317 e. The first-order valence-corrected chi connectivity index (χ1v) is 7.97. The number of para-hydroxylation sites is 1. The van der Waals surface area contributed by atoms with Crippen LogP contribution < -0.4 is 5.32 Å². The summed E-state index contributed by atoms with van der Waals surface area (Å²) >= 11 is 1.84. The maximum absolute atomic E-state index is 4.76. The molecule has 0 bridgehead atoms. The van der Waals surface area contributed by atoms with Crippen LogP contribution in [0.1, 0.15) is 24.8 Å². The molecule has 3 nitrogen and oxygen atoms in total. The Hall–Kier alpha value is -0.970. The number of benzene rings is 1. The second-order valence-electron chi connectivity index (χ2n) is 5.12. The lowest BCUT2D eigenvalue weighted by Crippen LogP contribution is -2.42. The van der Waals surface area contributed by atoms with Gasteiger partial charge in [-0.3, -0.25) is 4.90 Å². The van der Waals surface area contributed by atoms with Gasteiger partial charge in [-0.2, -0.15) is 0 Å². The molecule has 1 aliphatic heterocycles. The third kappa shape index (κ3) is 2.96. The van der Waals surface area contributed by atoms with Gasteiger partial charge in [-0.1, -0.05) is 19.1 Å². The fraction of sp³-hybridized carbons (Fsp3) is 0.533. The van der Waals surface area contributed by atoms with E-state index in [4.69, 9.17) is 4.98 Å². The lowest BCUT2D eigenvalue weighted by Gasteiger charge is -2.33. The highest BCUT2D eigenvalue weighted by Gasteiger charge is 2.20. The molecule has 2 heterocycles. The quantitative estimate of drug-likeness (QED) is 0.930. The van der Waals surface area contributed by atoms with Gasteiger partial charge in [0.25, 0.3) is 0 Å². The van der Waals surface area contributed by atoms with Crippen LogP contribution in [0.2, 0.25) is 0 Å². The lowest BCUT2D eigenvalue weighted by atomic mass is 10.1. The van der Waals surface area contributed by atoms with Gasteiger partial charge < -0.3 is 5.32 Å². The second kappa shape index (κ2) is 5.99. The summed E-state index contributed by atoms with van der Waals surface area (Å²) in [5.41, 5.74) is 1.14. The molecule has 0 aliphatic carbocycles. The van der Waals surface area contributed by atoms with Crippen molar-refractivity contribution in [2.45, 2.75) is 32.4 Å². The van der Waals surface area contributed by atoms with Crippen LogP contribution in [0.25, 0.3) is 10.2 Å². The number of rotatable bonds is 4. The van der Waals surface area contributed by atoms with E-state index in [1.165, 1.54) is 22.5 Å². The van der Waals surface area contributed by atoms with Crippen molar-refractivity contribution in [2.24, 2.45) is 0 Å². The number of aromatic nitrogens is 1. The summed E-state index contributed by atoms with van der Waals surface area (Å²) in [6.07, 6.45) is 2.53. The van der Waals surface area contributed by atoms with Gasteiger partial charge in [-0.25, -0.2) is 4.98 Å². The van der Waals surface area contributed by atoms with E-state index in [9.17, 15) is 0 Å². The molecule has 1 fully saturated rings. The Morgan fingerprint density at radius 2 is 2.11 bits per heavy atom. The van der Waals surface area contributed by atoms with Crippen LogP contribution in [0.4, 0.5) is 0 Å². The highest BCUT2D eigenvalue weighted by atomic mass is 32.1. The minimum absolute atomic E-state index is 0.721. The Morgan fingerprint density at radius 3 is 2.84 bits per heavy atom. The molecule has 4 heteroatoms. The predicted octanol–water partition coefficient (Wildman–Crippen LogP) is 2.87. The van der Waals surface area contributed by atoms with Crippen molar-refractivity contribution in [2.75, 3.05) is 19.6 Å². The molecule has 1 N–H and O–H groups in total. The Balaban J connectivity index is 1.74. The molecule has 1 aliphatic rings. The smallest absolute Gasteiger partial charge is 0.108 e. The number of thiazole rings is 1.